The molecule has 1 fully saturated rings. The Morgan fingerprint density at radius 3 is 2.63 bits per heavy atom. The van der Waals surface area contributed by atoms with Gasteiger partial charge in [0.2, 0.25) is 5.91 Å². The van der Waals surface area contributed by atoms with Crippen molar-refractivity contribution in [2.75, 3.05) is 13.1 Å². The van der Waals surface area contributed by atoms with E-state index in [4.69, 9.17) is 0 Å². The minimum atomic E-state index is -0.304. The van der Waals surface area contributed by atoms with Crippen LogP contribution in [0.25, 0.3) is 0 Å². The first-order chi connectivity index (χ1) is 13.0. The zero-order valence-corrected chi connectivity index (χ0v) is 15.5. The van der Waals surface area contributed by atoms with Crippen molar-refractivity contribution in [3.63, 3.8) is 0 Å². The normalized spacial score (nSPS) is 17.9. The van der Waals surface area contributed by atoms with Gasteiger partial charge in [-0.3, -0.25) is 14.6 Å². The molecule has 1 aliphatic heterocycles. The molecule has 1 atom stereocenters. The number of hydrogen-bond acceptors (Lipinski definition) is 4. The average molecular weight is 370 g/mol. The zero-order chi connectivity index (χ0) is 19.4. The van der Waals surface area contributed by atoms with Gasteiger partial charge in [0.1, 0.15) is 11.5 Å². The summed E-state index contributed by atoms with van der Waals surface area (Å²) in [5, 5.41) is 0. The third-order valence-corrected chi connectivity index (χ3v) is 4.83. The fraction of sp³-hybridized carbons (Fsp3) is 0.400. The van der Waals surface area contributed by atoms with Gasteiger partial charge in [0.15, 0.2) is 0 Å². The molecule has 0 bridgehead atoms. The van der Waals surface area contributed by atoms with Crippen molar-refractivity contribution in [1.82, 2.24) is 19.8 Å². The minimum absolute atomic E-state index is 0.00697. The van der Waals surface area contributed by atoms with Gasteiger partial charge in [-0.1, -0.05) is 26.0 Å². The fourth-order valence-electron chi connectivity index (χ4n) is 3.29. The summed E-state index contributed by atoms with van der Waals surface area (Å²) in [5.74, 6) is -0.371. The molecule has 1 aromatic carbocycles. The monoisotopic (exact) mass is 370 g/mol. The Balaban J connectivity index is 1.82. The molecular weight excluding hydrogens is 347 g/mol. The number of halogens is 1. The van der Waals surface area contributed by atoms with Crippen molar-refractivity contribution in [2.45, 2.75) is 32.9 Å². The summed E-state index contributed by atoms with van der Waals surface area (Å²) in [6.07, 6.45) is 4.69. The van der Waals surface area contributed by atoms with Gasteiger partial charge in [0.05, 0.1) is 12.2 Å². The molecule has 3 rings (SSSR count). The molecular formula is C20H23FN4O2. The van der Waals surface area contributed by atoms with Crippen molar-refractivity contribution in [2.24, 2.45) is 5.92 Å². The second kappa shape index (κ2) is 8.24. The lowest BCUT2D eigenvalue weighted by atomic mass is 10.0. The van der Waals surface area contributed by atoms with Gasteiger partial charge >= 0.3 is 0 Å². The van der Waals surface area contributed by atoms with E-state index in [2.05, 4.69) is 9.97 Å². The third-order valence-electron chi connectivity index (χ3n) is 4.83. The van der Waals surface area contributed by atoms with Crippen molar-refractivity contribution in [3.8, 4) is 0 Å². The molecule has 6 nitrogen and oxygen atoms in total. The fourth-order valence-corrected chi connectivity index (χ4v) is 3.29. The van der Waals surface area contributed by atoms with Crippen LogP contribution in [0.2, 0.25) is 0 Å². The van der Waals surface area contributed by atoms with Crippen molar-refractivity contribution < 1.29 is 14.0 Å². The largest absolute Gasteiger partial charge is 0.335 e. The maximum absolute atomic E-state index is 13.2. The summed E-state index contributed by atoms with van der Waals surface area (Å²) in [6, 6.07) is 6.03. The highest BCUT2D eigenvalue weighted by molar-refractivity contribution is 5.92. The highest BCUT2D eigenvalue weighted by atomic mass is 19.1. The van der Waals surface area contributed by atoms with Crippen LogP contribution in [0, 0.1) is 11.7 Å². The number of nitrogens with zero attached hydrogens (tertiary/aromatic N) is 4. The Morgan fingerprint density at radius 1 is 1.26 bits per heavy atom. The molecule has 0 saturated carbocycles. The highest BCUT2D eigenvalue weighted by Crippen LogP contribution is 2.22. The third kappa shape index (κ3) is 4.48. The van der Waals surface area contributed by atoms with E-state index in [0.717, 1.165) is 5.56 Å². The molecule has 7 heteroatoms. The van der Waals surface area contributed by atoms with Crippen LogP contribution in [-0.2, 0) is 11.3 Å². The number of benzene rings is 1. The van der Waals surface area contributed by atoms with Crippen molar-refractivity contribution in [3.05, 3.63) is 59.9 Å². The molecule has 0 unspecified atom stereocenters. The SMILES string of the molecule is CC(C)[C@@H]1CN(C(=O)c2cnccn2)CCC(=O)N1Cc1ccc(F)cc1. The van der Waals surface area contributed by atoms with Crippen LogP contribution in [0.5, 0.6) is 0 Å². The Hall–Kier alpha value is -2.83. The zero-order valence-electron chi connectivity index (χ0n) is 15.5. The van der Waals surface area contributed by atoms with Gasteiger partial charge in [-0.2, -0.15) is 0 Å². The van der Waals surface area contributed by atoms with Crippen LogP contribution in [0.4, 0.5) is 4.39 Å². The maximum atomic E-state index is 13.2. The molecule has 1 aliphatic rings. The summed E-state index contributed by atoms with van der Waals surface area (Å²) >= 11 is 0. The summed E-state index contributed by atoms with van der Waals surface area (Å²) in [5.41, 5.74) is 1.14. The summed E-state index contributed by atoms with van der Waals surface area (Å²) in [6.45, 7) is 5.24. The predicted molar refractivity (Wildman–Crippen MR) is 98.1 cm³/mol. The summed E-state index contributed by atoms with van der Waals surface area (Å²) in [7, 11) is 0. The van der Waals surface area contributed by atoms with E-state index in [1.807, 2.05) is 18.7 Å². The Morgan fingerprint density at radius 2 is 2.00 bits per heavy atom. The first-order valence-corrected chi connectivity index (χ1v) is 9.05. The highest BCUT2D eigenvalue weighted by Gasteiger charge is 2.34. The van der Waals surface area contributed by atoms with Crippen LogP contribution < -0.4 is 0 Å². The molecule has 142 valence electrons. The first kappa shape index (κ1) is 18.9. The van der Waals surface area contributed by atoms with Gasteiger partial charge in [-0.05, 0) is 23.6 Å². The molecule has 0 aliphatic carbocycles. The summed E-state index contributed by atoms with van der Waals surface area (Å²) < 4.78 is 13.2. The predicted octanol–water partition coefficient (Wildman–Crippen LogP) is 2.52. The van der Waals surface area contributed by atoms with Crippen LogP contribution in [-0.4, -0.2) is 50.7 Å². The van der Waals surface area contributed by atoms with E-state index in [1.165, 1.54) is 30.7 Å². The molecule has 0 radical (unpaired) electrons. The second-order valence-corrected chi connectivity index (χ2v) is 7.05. The van der Waals surface area contributed by atoms with Gasteiger partial charge < -0.3 is 9.80 Å². The van der Waals surface area contributed by atoms with Crippen molar-refractivity contribution >= 4 is 11.8 Å². The lowest BCUT2D eigenvalue weighted by Gasteiger charge is -2.34. The Labute approximate surface area is 158 Å². The lowest BCUT2D eigenvalue weighted by Crippen LogP contribution is -2.47. The molecule has 0 spiro atoms. The van der Waals surface area contributed by atoms with Gasteiger partial charge in [-0.15, -0.1) is 0 Å². The van der Waals surface area contributed by atoms with E-state index < -0.39 is 0 Å². The van der Waals surface area contributed by atoms with Crippen LogP contribution >= 0.6 is 0 Å². The first-order valence-electron chi connectivity index (χ1n) is 9.05. The maximum Gasteiger partial charge on any atom is 0.274 e. The van der Waals surface area contributed by atoms with E-state index in [0.29, 0.717) is 19.6 Å². The van der Waals surface area contributed by atoms with Crippen LogP contribution in [0.1, 0.15) is 36.3 Å². The number of carbonyl (C=O) groups excluding carboxylic acids is 2. The topological polar surface area (TPSA) is 66.4 Å². The Kier molecular flexibility index (Phi) is 5.78. The minimum Gasteiger partial charge on any atom is -0.335 e. The van der Waals surface area contributed by atoms with E-state index >= 15 is 0 Å². The lowest BCUT2D eigenvalue weighted by molar-refractivity contribution is -0.134. The molecule has 27 heavy (non-hydrogen) atoms. The quantitative estimate of drug-likeness (QED) is 0.829. The number of carbonyl (C=O) groups is 2. The van der Waals surface area contributed by atoms with Crippen LogP contribution in [0.3, 0.4) is 0 Å². The number of rotatable bonds is 4. The van der Waals surface area contributed by atoms with Gasteiger partial charge in [0.25, 0.3) is 5.91 Å². The second-order valence-electron chi connectivity index (χ2n) is 7.05. The number of amides is 2. The average Bonchev–Trinajstić information content (AvgIpc) is 2.83. The molecule has 1 saturated heterocycles. The van der Waals surface area contributed by atoms with E-state index in [9.17, 15) is 14.0 Å². The standard InChI is InChI=1S/C20H23FN4O2/c1-14(2)18-13-24(20(27)17-11-22-8-9-23-17)10-7-19(26)25(18)12-15-3-5-16(21)6-4-15/h3-6,8-9,11,14,18H,7,10,12-13H2,1-2H3/t18-/m0/s1. The molecule has 2 heterocycles. The van der Waals surface area contributed by atoms with E-state index in [-0.39, 0.29) is 41.7 Å². The van der Waals surface area contributed by atoms with E-state index in [1.54, 1.807) is 17.0 Å². The van der Waals surface area contributed by atoms with Crippen molar-refractivity contribution in [1.29, 1.82) is 0 Å². The number of aromatic nitrogens is 2. The smallest absolute Gasteiger partial charge is 0.274 e. The van der Waals surface area contributed by atoms with Gasteiger partial charge in [0, 0.05) is 38.4 Å². The number of hydrogen-bond donors (Lipinski definition) is 0. The van der Waals surface area contributed by atoms with Gasteiger partial charge in [-0.25, -0.2) is 9.37 Å². The summed E-state index contributed by atoms with van der Waals surface area (Å²) in [4.78, 5) is 37.1. The molecule has 1 aromatic heterocycles. The molecule has 2 amide bonds. The molecule has 2 aromatic rings. The van der Waals surface area contributed by atoms with Crippen LogP contribution in [0.15, 0.2) is 42.9 Å². The Bertz CT molecular complexity index is 795. The molecule has 0 N–H and O–H groups in total.